The zero-order valence-corrected chi connectivity index (χ0v) is 14.4. The smallest absolute Gasteiger partial charge is 0.253 e. The third-order valence-corrected chi connectivity index (χ3v) is 5.49. The van der Waals surface area contributed by atoms with Crippen molar-refractivity contribution in [1.82, 2.24) is 10.2 Å². The number of amides is 1. The summed E-state index contributed by atoms with van der Waals surface area (Å²) >= 11 is 12.4. The van der Waals surface area contributed by atoms with Crippen LogP contribution in [0.2, 0.25) is 10.0 Å². The van der Waals surface area contributed by atoms with E-state index in [1.165, 1.54) is 0 Å². The highest BCUT2D eigenvalue weighted by Crippen LogP contribution is 2.43. The number of hydrogen-bond acceptors (Lipinski definition) is 4. The first-order chi connectivity index (χ1) is 11.0. The van der Waals surface area contributed by atoms with E-state index >= 15 is 0 Å². The van der Waals surface area contributed by atoms with E-state index in [-0.39, 0.29) is 23.6 Å². The van der Waals surface area contributed by atoms with Crippen molar-refractivity contribution >= 4 is 29.1 Å². The van der Waals surface area contributed by atoms with Crippen LogP contribution in [0.1, 0.15) is 24.3 Å². The number of rotatable bonds is 3. The number of morpholine rings is 1. The Kier molecular flexibility index (Phi) is 5.01. The number of benzene rings is 1. The summed E-state index contributed by atoms with van der Waals surface area (Å²) < 4.78 is 5.69. The zero-order chi connectivity index (χ0) is 16.6. The standard InChI is InChI=1S/C16H20Cl2N2O3/c1-19-7-13-16(22)20-5-4-9(6-10(20)8-23-13)14-12(21)3-2-11(17)15(14)18/h2-3,9-10,13,19,21H,4-8H2,1H3/t9-,10+,13?/m1/s1. The maximum absolute atomic E-state index is 12.4. The number of carbonyl (C=O) groups excluding carboxylic acids is 1. The van der Waals surface area contributed by atoms with Crippen molar-refractivity contribution in [3.05, 3.63) is 27.7 Å². The SMILES string of the molecule is CNCC1OC[C@@H]2C[C@H](c3c(O)ccc(Cl)c3Cl)CCN2C1=O. The molecule has 23 heavy (non-hydrogen) atoms. The number of halogens is 2. The van der Waals surface area contributed by atoms with E-state index in [1.54, 1.807) is 19.2 Å². The summed E-state index contributed by atoms with van der Waals surface area (Å²) in [6.45, 7) is 1.67. The third-order valence-electron chi connectivity index (χ3n) is 4.67. The second kappa shape index (κ2) is 6.85. The fourth-order valence-electron chi connectivity index (χ4n) is 3.52. The molecule has 2 N–H and O–H groups in total. The van der Waals surface area contributed by atoms with Crippen molar-refractivity contribution in [1.29, 1.82) is 0 Å². The van der Waals surface area contributed by atoms with Gasteiger partial charge in [0.1, 0.15) is 11.9 Å². The van der Waals surface area contributed by atoms with Crippen LogP contribution in [0.25, 0.3) is 0 Å². The molecule has 2 fully saturated rings. The third kappa shape index (κ3) is 3.15. The number of carbonyl (C=O) groups is 1. The lowest BCUT2D eigenvalue weighted by molar-refractivity contribution is -0.161. The van der Waals surface area contributed by atoms with Crippen LogP contribution in [0.3, 0.4) is 0 Å². The first kappa shape index (κ1) is 16.8. The average Bonchev–Trinajstić information content (AvgIpc) is 2.54. The predicted octanol–water partition coefficient (Wildman–Crippen LogP) is 2.39. The van der Waals surface area contributed by atoms with Gasteiger partial charge in [0.25, 0.3) is 5.91 Å². The van der Waals surface area contributed by atoms with E-state index in [4.69, 9.17) is 27.9 Å². The van der Waals surface area contributed by atoms with Gasteiger partial charge in [-0.3, -0.25) is 4.79 Å². The molecule has 1 amide bonds. The predicted molar refractivity (Wildman–Crippen MR) is 89.3 cm³/mol. The number of piperidine rings is 1. The minimum atomic E-state index is -0.407. The van der Waals surface area contributed by atoms with Gasteiger partial charge in [-0.05, 0) is 37.9 Å². The number of likely N-dealkylation sites (N-methyl/N-ethyl adjacent to an activating group) is 1. The lowest BCUT2D eigenvalue weighted by atomic mass is 9.84. The fourth-order valence-corrected chi connectivity index (χ4v) is 4.00. The molecule has 0 aliphatic carbocycles. The first-order valence-corrected chi connectivity index (χ1v) is 8.52. The van der Waals surface area contributed by atoms with Crippen LogP contribution in [0, 0.1) is 0 Å². The number of hydrogen-bond donors (Lipinski definition) is 2. The van der Waals surface area contributed by atoms with Gasteiger partial charge in [-0.2, -0.15) is 0 Å². The highest BCUT2D eigenvalue weighted by atomic mass is 35.5. The topological polar surface area (TPSA) is 61.8 Å². The van der Waals surface area contributed by atoms with Crippen LogP contribution in [-0.2, 0) is 9.53 Å². The van der Waals surface area contributed by atoms with Gasteiger partial charge >= 0.3 is 0 Å². The van der Waals surface area contributed by atoms with E-state index in [0.29, 0.717) is 41.7 Å². The number of nitrogens with zero attached hydrogens (tertiary/aromatic N) is 1. The van der Waals surface area contributed by atoms with Crippen LogP contribution < -0.4 is 5.32 Å². The van der Waals surface area contributed by atoms with Crippen LogP contribution >= 0.6 is 23.2 Å². The van der Waals surface area contributed by atoms with Crippen molar-refractivity contribution in [2.24, 2.45) is 0 Å². The van der Waals surface area contributed by atoms with Gasteiger partial charge in [-0.25, -0.2) is 0 Å². The number of nitrogens with one attached hydrogen (secondary N) is 1. The molecular formula is C16H20Cl2N2O3. The molecule has 7 heteroatoms. The first-order valence-electron chi connectivity index (χ1n) is 7.76. The van der Waals surface area contributed by atoms with Crippen molar-refractivity contribution in [2.75, 3.05) is 26.7 Å². The van der Waals surface area contributed by atoms with E-state index in [0.717, 1.165) is 6.42 Å². The molecule has 1 unspecified atom stereocenters. The Balaban J connectivity index is 1.78. The maximum Gasteiger partial charge on any atom is 0.253 e. The Morgan fingerprint density at radius 1 is 1.43 bits per heavy atom. The van der Waals surface area contributed by atoms with Crippen LogP contribution in [0.4, 0.5) is 0 Å². The lowest BCUT2D eigenvalue weighted by Gasteiger charge is -2.44. The molecule has 1 aromatic carbocycles. The number of phenols is 1. The van der Waals surface area contributed by atoms with Crippen LogP contribution in [0.5, 0.6) is 5.75 Å². The number of ether oxygens (including phenoxy) is 1. The van der Waals surface area contributed by atoms with Gasteiger partial charge < -0.3 is 20.1 Å². The molecule has 0 bridgehead atoms. The molecule has 2 aliphatic rings. The van der Waals surface area contributed by atoms with E-state index in [1.807, 2.05) is 4.90 Å². The number of phenolic OH excluding ortho intramolecular Hbond substituents is 1. The van der Waals surface area contributed by atoms with Crippen LogP contribution in [-0.4, -0.2) is 54.8 Å². The molecule has 2 heterocycles. The highest BCUT2D eigenvalue weighted by Gasteiger charge is 2.40. The summed E-state index contributed by atoms with van der Waals surface area (Å²) in [5.74, 6) is 0.268. The van der Waals surface area contributed by atoms with Gasteiger partial charge in [0, 0.05) is 18.7 Å². The van der Waals surface area contributed by atoms with Gasteiger partial charge in [-0.1, -0.05) is 23.2 Å². The normalized spacial score (nSPS) is 27.9. The molecule has 3 rings (SSSR count). The van der Waals surface area contributed by atoms with Crippen molar-refractivity contribution < 1.29 is 14.6 Å². The second-order valence-electron chi connectivity index (χ2n) is 6.08. The summed E-state index contributed by atoms with van der Waals surface area (Å²) in [7, 11) is 1.80. The molecule has 1 aromatic rings. The molecule has 5 nitrogen and oxygen atoms in total. The highest BCUT2D eigenvalue weighted by molar-refractivity contribution is 6.42. The lowest BCUT2D eigenvalue weighted by Crippen LogP contribution is -2.58. The zero-order valence-electron chi connectivity index (χ0n) is 12.9. The molecule has 0 aromatic heterocycles. The van der Waals surface area contributed by atoms with Crippen molar-refractivity contribution in [2.45, 2.75) is 30.9 Å². The quantitative estimate of drug-likeness (QED) is 0.870. The van der Waals surface area contributed by atoms with E-state index < -0.39 is 6.10 Å². The van der Waals surface area contributed by atoms with Gasteiger partial charge in [0.2, 0.25) is 0 Å². The summed E-state index contributed by atoms with van der Waals surface area (Å²) in [5, 5.41) is 14.0. The monoisotopic (exact) mass is 358 g/mol. The van der Waals surface area contributed by atoms with Gasteiger partial charge in [0.15, 0.2) is 0 Å². The van der Waals surface area contributed by atoms with E-state index in [2.05, 4.69) is 5.32 Å². The largest absolute Gasteiger partial charge is 0.508 e. The minimum absolute atomic E-state index is 0.0174. The number of fused-ring (bicyclic) bond motifs is 1. The molecule has 3 atom stereocenters. The second-order valence-corrected chi connectivity index (χ2v) is 6.87. The van der Waals surface area contributed by atoms with E-state index in [9.17, 15) is 9.90 Å². The average molecular weight is 359 g/mol. The summed E-state index contributed by atoms with van der Waals surface area (Å²) in [6.07, 6.45) is 1.06. The van der Waals surface area contributed by atoms with Crippen molar-refractivity contribution in [3.63, 3.8) is 0 Å². The Hall–Kier alpha value is -1.01. The molecule has 0 spiro atoms. The van der Waals surface area contributed by atoms with Gasteiger partial charge in [0.05, 0.1) is 22.7 Å². The summed E-state index contributed by atoms with van der Waals surface area (Å²) in [4.78, 5) is 14.3. The Labute approximate surface area is 145 Å². The number of aromatic hydroxyl groups is 1. The molecule has 2 aliphatic heterocycles. The fraction of sp³-hybridized carbons (Fsp3) is 0.562. The Morgan fingerprint density at radius 3 is 2.96 bits per heavy atom. The Morgan fingerprint density at radius 2 is 2.22 bits per heavy atom. The van der Waals surface area contributed by atoms with Crippen LogP contribution in [0.15, 0.2) is 12.1 Å². The molecule has 126 valence electrons. The van der Waals surface area contributed by atoms with Gasteiger partial charge in [-0.15, -0.1) is 0 Å². The Bertz CT molecular complexity index is 611. The minimum Gasteiger partial charge on any atom is -0.508 e. The molecule has 0 saturated carbocycles. The van der Waals surface area contributed by atoms with Crippen molar-refractivity contribution in [3.8, 4) is 5.75 Å². The molecule has 0 radical (unpaired) electrons. The molecular weight excluding hydrogens is 339 g/mol. The maximum atomic E-state index is 12.4. The molecule has 2 saturated heterocycles. The summed E-state index contributed by atoms with van der Waals surface area (Å²) in [5.41, 5.74) is 0.684. The summed E-state index contributed by atoms with van der Waals surface area (Å²) in [6, 6.07) is 3.18.